The first-order valence-electron chi connectivity index (χ1n) is 8.20. The molecule has 0 saturated carbocycles. The number of nitrogens with zero attached hydrogens (tertiary/aromatic N) is 1. The summed E-state index contributed by atoms with van der Waals surface area (Å²) in [6.07, 6.45) is -4.64. The fourth-order valence-electron chi connectivity index (χ4n) is 2.79. The number of nitrogens with one attached hydrogen (secondary N) is 1. The second kappa shape index (κ2) is 7.64. The third kappa shape index (κ3) is 4.27. The van der Waals surface area contributed by atoms with Crippen LogP contribution in [0.15, 0.2) is 48.5 Å². The molecule has 1 heterocycles. The van der Waals surface area contributed by atoms with Gasteiger partial charge >= 0.3 is 6.18 Å². The van der Waals surface area contributed by atoms with E-state index >= 15 is 0 Å². The molecule has 2 aromatic carbocycles. The normalized spacial score (nSPS) is 17.0. The molecule has 1 unspecified atom stereocenters. The Morgan fingerprint density at radius 2 is 1.78 bits per heavy atom. The first-order chi connectivity index (χ1) is 12.8. The zero-order chi connectivity index (χ0) is 19.6. The van der Waals surface area contributed by atoms with Crippen LogP contribution in [0.2, 0.25) is 0 Å². The van der Waals surface area contributed by atoms with Gasteiger partial charge in [-0.1, -0.05) is 29.8 Å². The molecule has 1 saturated heterocycles. The maximum atomic E-state index is 13.2. The summed E-state index contributed by atoms with van der Waals surface area (Å²) in [4.78, 5) is 26.5. The number of hydrogen-bond donors (Lipinski definition) is 1. The third-order valence-electron chi connectivity index (χ3n) is 4.23. The number of carbonyl (C=O) groups excluding carboxylic acids is 2. The van der Waals surface area contributed by atoms with Crippen molar-refractivity contribution in [1.82, 2.24) is 4.90 Å². The van der Waals surface area contributed by atoms with Crippen molar-refractivity contribution in [3.05, 3.63) is 65.2 Å². The number of hydrogen-bond acceptors (Lipinski definition) is 3. The lowest BCUT2D eigenvalue weighted by Crippen LogP contribution is -2.45. The van der Waals surface area contributed by atoms with Crippen LogP contribution in [0.4, 0.5) is 18.9 Å². The minimum absolute atomic E-state index is 0.164. The number of aryl methyl sites for hydroxylation is 1. The summed E-state index contributed by atoms with van der Waals surface area (Å²) >= 11 is 1.33. The number of anilines is 1. The molecule has 0 bridgehead atoms. The van der Waals surface area contributed by atoms with Gasteiger partial charge in [-0.25, -0.2) is 0 Å². The SMILES string of the molecule is Cc1ccc(NC(=O)C2CSCN2C(=O)c2ccccc2C(F)(F)F)cc1. The largest absolute Gasteiger partial charge is 0.417 e. The quantitative estimate of drug-likeness (QED) is 0.850. The van der Waals surface area contributed by atoms with Crippen molar-refractivity contribution in [3.8, 4) is 0 Å². The average molecular weight is 394 g/mol. The van der Waals surface area contributed by atoms with Gasteiger partial charge in [-0.05, 0) is 31.2 Å². The van der Waals surface area contributed by atoms with Gasteiger partial charge < -0.3 is 10.2 Å². The first-order valence-corrected chi connectivity index (χ1v) is 9.35. The Bertz CT molecular complexity index is 853. The molecular weight excluding hydrogens is 377 g/mol. The van der Waals surface area contributed by atoms with Crippen LogP contribution in [0.3, 0.4) is 0 Å². The van der Waals surface area contributed by atoms with Crippen LogP contribution < -0.4 is 5.32 Å². The molecule has 0 aliphatic carbocycles. The molecule has 2 amide bonds. The average Bonchev–Trinajstić information content (AvgIpc) is 3.12. The highest BCUT2D eigenvalue weighted by atomic mass is 32.2. The van der Waals surface area contributed by atoms with E-state index in [9.17, 15) is 22.8 Å². The lowest BCUT2D eigenvalue weighted by atomic mass is 10.1. The molecule has 27 heavy (non-hydrogen) atoms. The van der Waals surface area contributed by atoms with E-state index in [-0.39, 0.29) is 5.88 Å². The molecule has 1 fully saturated rings. The summed E-state index contributed by atoms with van der Waals surface area (Å²) in [5.74, 6) is -0.715. The minimum atomic E-state index is -4.64. The second-order valence-corrected chi connectivity index (χ2v) is 7.19. The Morgan fingerprint density at radius 1 is 1.11 bits per heavy atom. The number of carbonyl (C=O) groups is 2. The Kier molecular flexibility index (Phi) is 5.46. The van der Waals surface area contributed by atoms with Crippen LogP contribution in [0.1, 0.15) is 21.5 Å². The van der Waals surface area contributed by atoms with Crippen molar-refractivity contribution in [3.63, 3.8) is 0 Å². The van der Waals surface area contributed by atoms with Crippen LogP contribution in [0.25, 0.3) is 0 Å². The molecule has 1 aliphatic rings. The van der Waals surface area contributed by atoms with E-state index in [2.05, 4.69) is 5.32 Å². The standard InChI is InChI=1S/C19H17F3N2O2S/c1-12-6-8-13(9-7-12)23-17(25)16-10-27-11-24(16)18(26)14-4-2-3-5-15(14)19(20,21)22/h2-9,16H,10-11H2,1H3,(H,23,25). The number of alkyl halides is 3. The Morgan fingerprint density at radius 3 is 2.44 bits per heavy atom. The number of halogens is 3. The molecule has 0 aromatic heterocycles. The number of rotatable bonds is 3. The summed E-state index contributed by atoms with van der Waals surface area (Å²) in [6, 6.07) is 10.9. The smallest absolute Gasteiger partial charge is 0.324 e. The van der Waals surface area contributed by atoms with E-state index in [4.69, 9.17) is 0 Å². The number of benzene rings is 2. The van der Waals surface area contributed by atoms with Gasteiger partial charge in [0.25, 0.3) is 5.91 Å². The molecule has 0 radical (unpaired) electrons. The van der Waals surface area contributed by atoms with Crippen molar-refractivity contribution >= 4 is 29.3 Å². The van der Waals surface area contributed by atoms with E-state index in [1.165, 1.54) is 28.8 Å². The molecule has 1 atom stereocenters. The highest BCUT2D eigenvalue weighted by Gasteiger charge is 2.40. The fourth-order valence-corrected chi connectivity index (χ4v) is 3.95. The molecular formula is C19H17F3N2O2S. The predicted molar refractivity (Wildman–Crippen MR) is 98.5 cm³/mol. The van der Waals surface area contributed by atoms with Crippen molar-refractivity contribution in [2.75, 3.05) is 16.9 Å². The second-order valence-electron chi connectivity index (χ2n) is 6.19. The van der Waals surface area contributed by atoms with Crippen LogP contribution in [-0.4, -0.2) is 34.4 Å². The van der Waals surface area contributed by atoms with Crippen LogP contribution >= 0.6 is 11.8 Å². The van der Waals surface area contributed by atoms with Crippen molar-refractivity contribution in [1.29, 1.82) is 0 Å². The van der Waals surface area contributed by atoms with Gasteiger partial charge in [0.1, 0.15) is 6.04 Å². The lowest BCUT2D eigenvalue weighted by Gasteiger charge is -2.24. The van der Waals surface area contributed by atoms with Crippen LogP contribution in [0.5, 0.6) is 0 Å². The summed E-state index contributed by atoms with van der Waals surface area (Å²) in [6.45, 7) is 1.91. The number of amides is 2. The summed E-state index contributed by atoms with van der Waals surface area (Å²) in [5, 5.41) is 2.72. The topological polar surface area (TPSA) is 49.4 Å². The van der Waals surface area contributed by atoms with Crippen molar-refractivity contribution in [2.45, 2.75) is 19.1 Å². The minimum Gasteiger partial charge on any atom is -0.324 e. The van der Waals surface area contributed by atoms with E-state index in [0.29, 0.717) is 11.4 Å². The highest BCUT2D eigenvalue weighted by molar-refractivity contribution is 7.99. The van der Waals surface area contributed by atoms with Gasteiger partial charge in [-0.15, -0.1) is 11.8 Å². The molecule has 3 rings (SSSR count). The van der Waals surface area contributed by atoms with Crippen LogP contribution in [0, 0.1) is 6.92 Å². The zero-order valence-corrected chi connectivity index (χ0v) is 15.2. The molecule has 8 heteroatoms. The number of thioether (sulfide) groups is 1. The van der Waals surface area contributed by atoms with Gasteiger partial charge in [0.05, 0.1) is 17.0 Å². The molecule has 4 nitrogen and oxygen atoms in total. The predicted octanol–water partition coefficient (Wildman–Crippen LogP) is 4.17. The Hall–Kier alpha value is -2.48. The van der Waals surface area contributed by atoms with E-state index < -0.39 is 35.2 Å². The first kappa shape index (κ1) is 19.3. The summed E-state index contributed by atoms with van der Waals surface area (Å²) in [5.41, 5.74) is 0.167. The van der Waals surface area contributed by atoms with Crippen LogP contribution in [-0.2, 0) is 11.0 Å². The van der Waals surface area contributed by atoms with Crippen molar-refractivity contribution < 1.29 is 22.8 Å². The van der Waals surface area contributed by atoms with Gasteiger partial charge in [0, 0.05) is 11.4 Å². The van der Waals surface area contributed by atoms with Crippen molar-refractivity contribution in [2.24, 2.45) is 0 Å². The Balaban J connectivity index is 1.81. The third-order valence-corrected chi connectivity index (χ3v) is 5.24. The van der Waals surface area contributed by atoms with Gasteiger partial charge in [-0.2, -0.15) is 13.2 Å². The fraction of sp³-hybridized carbons (Fsp3) is 0.263. The highest BCUT2D eigenvalue weighted by Crippen LogP contribution is 2.34. The van der Waals surface area contributed by atoms with E-state index in [1.54, 1.807) is 12.1 Å². The lowest BCUT2D eigenvalue weighted by molar-refractivity contribution is -0.138. The monoisotopic (exact) mass is 394 g/mol. The molecule has 1 aliphatic heterocycles. The maximum Gasteiger partial charge on any atom is 0.417 e. The van der Waals surface area contributed by atoms with Gasteiger partial charge in [0.15, 0.2) is 0 Å². The molecule has 1 N–H and O–H groups in total. The summed E-state index contributed by atoms with van der Waals surface area (Å²) in [7, 11) is 0. The zero-order valence-electron chi connectivity index (χ0n) is 14.4. The van der Waals surface area contributed by atoms with Gasteiger partial charge in [-0.3, -0.25) is 9.59 Å². The molecule has 142 valence electrons. The Labute approximate surface area is 158 Å². The molecule has 2 aromatic rings. The van der Waals surface area contributed by atoms with E-state index in [1.807, 2.05) is 19.1 Å². The maximum absolute atomic E-state index is 13.2. The molecule has 0 spiro atoms. The van der Waals surface area contributed by atoms with Gasteiger partial charge in [0.2, 0.25) is 5.91 Å². The summed E-state index contributed by atoms with van der Waals surface area (Å²) < 4.78 is 39.6. The van der Waals surface area contributed by atoms with E-state index in [0.717, 1.165) is 17.7 Å².